The summed E-state index contributed by atoms with van der Waals surface area (Å²) >= 11 is 0. The van der Waals surface area contributed by atoms with Crippen molar-refractivity contribution in [3.63, 3.8) is 0 Å². The number of hydrogen-bond donors (Lipinski definition) is 2. The van der Waals surface area contributed by atoms with E-state index in [0.29, 0.717) is 29.9 Å². The number of carboxylic acids is 2. The first-order valence-electron chi connectivity index (χ1n) is 7.76. The smallest absolute Gasteiger partial charge is 0.340 e. The molecule has 0 radical (unpaired) electrons. The molecule has 0 saturated heterocycles. The molecule has 8 heteroatoms. The van der Waals surface area contributed by atoms with E-state index in [1.54, 1.807) is 12.1 Å². The summed E-state index contributed by atoms with van der Waals surface area (Å²) in [5.41, 5.74) is 0.174. The number of benzene rings is 1. The summed E-state index contributed by atoms with van der Waals surface area (Å²) in [5, 5.41) is 18.5. The van der Waals surface area contributed by atoms with Crippen LogP contribution in [0.25, 0.3) is 0 Å². The maximum Gasteiger partial charge on any atom is 0.340 e. The number of ether oxygens (including phenoxy) is 2. The summed E-state index contributed by atoms with van der Waals surface area (Å²) in [6.45, 7) is 0. The Morgan fingerprint density at radius 2 is 1.77 bits per heavy atom. The largest absolute Gasteiger partial charge is 0.493 e. The van der Waals surface area contributed by atoms with Crippen LogP contribution >= 0.6 is 0 Å². The number of aromatic carboxylic acids is 2. The van der Waals surface area contributed by atoms with Gasteiger partial charge < -0.3 is 24.1 Å². The second kappa shape index (κ2) is 6.55. The van der Waals surface area contributed by atoms with Crippen LogP contribution in [0.1, 0.15) is 54.7 Å². The number of ketones is 1. The summed E-state index contributed by atoms with van der Waals surface area (Å²) in [7, 11) is 2.94. The Labute approximate surface area is 147 Å². The molecule has 136 valence electrons. The molecule has 0 amide bonds. The second-order valence-corrected chi connectivity index (χ2v) is 5.82. The first-order valence-corrected chi connectivity index (χ1v) is 7.76. The van der Waals surface area contributed by atoms with Crippen molar-refractivity contribution in [2.75, 3.05) is 14.2 Å². The monoisotopic (exact) mass is 360 g/mol. The molecule has 1 heterocycles. The Hall–Kier alpha value is -3.29. The maximum absolute atomic E-state index is 12.9. The highest BCUT2D eigenvalue weighted by molar-refractivity contribution is 6.07. The fourth-order valence-corrected chi connectivity index (χ4v) is 3.23. The van der Waals surface area contributed by atoms with Crippen LogP contribution < -0.4 is 9.47 Å². The van der Waals surface area contributed by atoms with E-state index in [0.717, 1.165) is 11.8 Å². The van der Waals surface area contributed by atoms with Crippen LogP contribution in [0.2, 0.25) is 0 Å². The molecule has 0 fully saturated rings. The number of Topliss-reactive ketones (excluding diaryl/α,β-unsaturated/α-hetero) is 1. The van der Waals surface area contributed by atoms with E-state index in [1.165, 1.54) is 14.2 Å². The van der Waals surface area contributed by atoms with Gasteiger partial charge in [0.1, 0.15) is 23.2 Å². The third kappa shape index (κ3) is 2.69. The van der Waals surface area contributed by atoms with Crippen LogP contribution in [0.5, 0.6) is 11.5 Å². The molecule has 2 aromatic rings. The minimum absolute atomic E-state index is 0.139. The van der Waals surface area contributed by atoms with Crippen LogP contribution in [0.3, 0.4) is 0 Å². The van der Waals surface area contributed by atoms with Crippen molar-refractivity contribution in [3.05, 3.63) is 46.4 Å². The van der Waals surface area contributed by atoms with Gasteiger partial charge in [0.15, 0.2) is 17.3 Å². The lowest BCUT2D eigenvalue weighted by Gasteiger charge is -2.23. The number of fused-ring (bicyclic) bond motifs is 1. The van der Waals surface area contributed by atoms with Gasteiger partial charge in [-0.25, -0.2) is 9.59 Å². The summed E-state index contributed by atoms with van der Waals surface area (Å²) in [5.74, 6) is -3.36. The topological polar surface area (TPSA) is 123 Å². The Balaban J connectivity index is 2.08. The van der Waals surface area contributed by atoms with Crippen molar-refractivity contribution in [2.45, 2.75) is 18.8 Å². The summed E-state index contributed by atoms with van der Waals surface area (Å²) in [4.78, 5) is 35.7. The van der Waals surface area contributed by atoms with Gasteiger partial charge in [0, 0.05) is 5.56 Å². The zero-order valence-electron chi connectivity index (χ0n) is 14.1. The minimum Gasteiger partial charge on any atom is -0.493 e. The van der Waals surface area contributed by atoms with Crippen molar-refractivity contribution in [1.82, 2.24) is 0 Å². The molecule has 3 rings (SSSR count). The molecule has 1 aromatic carbocycles. The molecule has 1 aliphatic rings. The Bertz CT molecular complexity index is 908. The van der Waals surface area contributed by atoms with E-state index in [1.807, 2.05) is 0 Å². The van der Waals surface area contributed by atoms with E-state index >= 15 is 0 Å². The molecule has 1 aliphatic carbocycles. The lowest BCUT2D eigenvalue weighted by atomic mass is 9.80. The molecule has 0 bridgehead atoms. The first kappa shape index (κ1) is 17.5. The number of hydrogen-bond acceptors (Lipinski definition) is 6. The van der Waals surface area contributed by atoms with Crippen LogP contribution in [-0.2, 0) is 6.42 Å². The fraction of sp³-hybridized carbons (Fsp3) is 0.278. The van der Waals surface area contributed by atoms with Gasteiger partial charge in [-0.2, -0.15) is 0 Å². The van der Waals surface area contributed by atoms with Crippen molar-refractivity contribution in [3.8, 4) is 11.5 Å². The highest BCUT2D eigenvalue weighted by Gasteiger charge is 2.37. The Kier molecular flexibility index (Phi) is 4.41. The predicted molar refractivity (Wildman–Crippen MR) is 87.6 cm³/mol. The van der Waals surface area contributed by atoms with Crippen LogP contribution in [0, 0.1) is 0 Å². The van der Waals surface area contributed by atoms with Gasteiger partial charge in [-0.05, 0) is 30.5 Å². The molecule has 1 aromatic heterocycles. The highest BCUT2D eigenvalue weighted by Crippen LogP contribution is 2.40. The van der Waals surface area contributed by atoms with E-state index in [9.17, 15) is 19.5 Å². The average Bonchev–Trinajstić information content (AvgIpc) is 3.06. The normalized spacial score (nSPS) is 16.1. The lowest BCUT2D eigenvalue weighted by molar-refractivity contribution is 0.0651. The third-order valence-electron chi connectivity index (χ3n) is 4.47. The predicted octanol–water partition coefficient (Wildman–Crippen LogP) is 2.61. The van der Waals surface area contributed by atoms with E-state index < -0.39 is 29.0 Å². The Morgan fingerprint density at radius 1 is 1.12 bits per heavy atom. The first-order chi connectivity index (χ1) is 12.4. The lowest BCUT2D eigenvalue weighted by Crippen LogP contribution is -2.23. The van der Waals surface area contributed by atoms with E-state index in [4.69, 9.17) is 19.0 Å². The van der Waals surface area contributed by atoms with Crippen LogP contribution in [0.15, 0.2) is 22.8 Å². The number of rotatable bonds is 5. The number of methoxy groups -OCH3 is 2. The molecule has 0 spiro atoms. The molecule has 1 unspecified atom stereocenters. The number of furan rings is 1. The number of carboxylic acid groups (broad SMARTS) is 2. The molecule has 2 N–H and O–H groups in total. The van der Waals surface area contributed by atoms with Gasteiger partial charge in [0.2, 0.25) is 0 Å². The molecule has 0 aliphatic heterocycles. The number of carbonyl (C=O) groups excluding carboxylic acids is 1. The van der Waals surface area contributed by atoms with Gasteiger partial charge in [-0.3, -0.25) is 4.79 Å². The maximum atomic E-state index is 12.9. The molecule has 0 saturated carbocycles. The zero-order chi connectivity index (χ0) is 19.0. The quantitative estimate of drug-likeness (QED) is 0.834. The van der Waals surface area contributed by atoms with Gasteiger partial charge >= 0.3 is 11.9 Å². The summed E-state index contributed by atoms with van der Waals surface area (Å²) < 4.78 is 15.7. The van der Waals surface area contributed by atoms with Crippen LogP contribution in [0.4, 0.5) is 0 Å². The van der Waals surface area contributed by atoms with Gasteiger partial charge in [0.05, 0.1) is 20.1 Å². The highest BCUT2D eigenvalue weighted by atomic mass is 16.5. The minimum atomic E-state index is -1.45. The Morgan fingerprint density at radius 3 is 2.35 bits per heavy atom. The second-order valence-electron chi connectivity index (χ2n) is 5.82. The number of carbonyl (C=O) groups is 3. The molecule has 26 heavy (non-hydrogen) atoms. The van der Waals surface area contributed by atoms with Crippen molar-refractivity contribution in [2.24, 2.45) is 0 Å². The fourth-order valence-electron chi connectivity index (χ4n) is 3.23. The molecular formula is C18H16O8. The average molecular weight is 360 g/mol. The van der Waals surface area contributed by atoms with Crippen LogP contribution in [-0.4, -0.2) is 42.2 Å². The van der Waals surface area contributed by atoms with Crippen molar-refractivity contribution >= 4 is 17.7 Å². The summed E-state index contributed by atoms with van der Waals surface area (Å²) in [6, 6.07) is 3.26. The number of aryl methyl sites for hydroxylation is 1. The molecule has 8 nitrogen and oxygen atoms in total. The standard InChI is InChI=1S/C18H16O8/c1-24-12-5-8-3-4-9(15(19)10(8)6-13(12)25-2)16-14(18(22)23)11(7-26-16)17(20)21/h5-7,9H,3-4H2,1-2H3,(H,20,21)(H,22,23). The molecular weight excluding hydrogens is 344 g/mol. The van der Waals surface area contributed by atoms with Crippen molar-refractivity contribution in [1.29, 1.82) is 0 Å². The zero-order valence-corrected chi connectivity index (χ0v) is 14.1. The SMILES string of the molecule is COc1cc2c(cc1OC)C(=O)C(c1occ(C(=O)O)c1C(=O)O)CC2. The van der Waals surface area contributed by atoms with Gasteiger partial charge in [-0.15, -0.1) is 0 Å². The van der Waals surface area contributed by atoms with Gasteiger partial charge in [-0.1, -0.05) is 0 Å². The van der Waals surface area contributed by atoms with Crippen molar-refractivity contribution < 1.29 is 38.5 Å². The van der Waals surface area contributed by atoms with E-state index in [-0.39, 0.29) is 11.5 Å². The van der Waals surface area contributed by atoms with Gasteiger partial charge in [0.25, 0.3) is 0 Å². The molecule has 1 atom stereocenters. The third-order valence-corrected chi connectivity index (χ3v) is 4.47. The summed E-state index contributed by atoms with van der Waals surface area (Å²) in [6.07, 6.45) is 1.64. The van der Waals surface area contributed by atoms with E-state index in [2.05, 4.69) is 0 Å².